The molecule has 0 saturated heterocycles. The number of ether oxygens (including phenoxy) is 1. The third-order valence-corrected chi connectivity index (χ3v) is 4.06. The largest absolute Gasteiger partial charge is 0.491 e. The van der Waals surface area contributed by atoms with Gasteiger partial charge < -0.3 is 9.84 Å². The van der Waals surface area contributed by atoms with Crippen LogP contribution in [0, 0.1) is 11.8 Å². The van der Waals surface area contributed by atoms with Gasteiger partial charge in [-0.2, -0.15) is 0 Å². The average Bonchev–Trinajstić information content (AvgIpc) is 2.37. The summed E-state index contributed by atoms with van der Waals surface area (Å²) in [5, 5.41) is 10.8. The Bertz CT molecular complexity index is 373. The number of halogens is 1. The Labute approximate surface area is 114 Å². The van der Waals surface area contributed by atoms with Gasteiger partial charge in [-0.15, -0.1) is 0 Å². The zero-order valence-electron chi connectivity index (χ0n) is 10.8. The third-order valence-electron chi connectivity index (χ3n) is 3.82. The number of hydrogen-bond acceptors (Lipinski definition) is 2. The molecule has 0 aliphatic heterocycles. The summed E-state index contributed by atoms with van der Waals surface area (Å²) in [5.74, 6) is 1.92. The highest BCUT2D eigenvalue weighted by atomic mass is 35.5. The van der Waals surface area contributed by atoms with Gasteiger partial charge in [-0.25, -0.2) is 0 Å². The van der Waals surface area contributed by atoms with E-state index in [1.807, 2.05) is 18.2 Å². The molecule has 1 aliphatic rings. The Balaban J connectivity index is 1.79. The SMILES string of the molecule is CC1CCC(C(O)COc2cccc(Cl)c2)CC1. The van der Waals surface area contributed by atoms with Crippen LogP contribution in [0.4, 0.5) is 0 Å². The molecule has 0 aromatic heterocycles. The van der Waals surface area contributed by atoms with Gasteiger partial charge in [-0.3, -0.25) is 0 Å². The second-order valence-corrected chi connectivity index (χ2v) is 5.79. The first-order valence-corrected chi connectivity index (χ1v) is 7.09. The van der Waals surface area contributed by atoms with Crippen LogP contribution in [0.2, 0.25) is 5.02 Å². The van der Waals surface area contributed by atoms with Crippen LogP contribution in [0.3, 0.4) is 0 Å². The van der Waals surface area contributed by atoms with E-state index >= 15 is 0 Å². The monoisotopic (exact) mass is 268 g/mol. The fourth-order valence-electron chi connectivity index (χ4n) is 2.55. The summed E-state index contributed by atoms with van der Waals surface area (Å²) < 4.78 is 5.59. The van der Waals surface area contributed by atoms with Crippen LogP contribution >= 0.6 is 11.6 Å². The molecule has 1 unspecified atom stereocenters. The van der Waals surface area contributed by atoms with E-state index < -0.39 is 0 Å². The quantitative estimate of drug-likeness (QED) is 0.897. The lowest BCUT2D eigenvalue weighted by Crippen LogP contribution is -2.30. The van der Waals surface area contributed by atoms with Crippen molar-refractivity contribution in [1.29, 1.82) is 0 Å². The van der Waals surface area contributed by atoms with Gasteiger partial charge >= 0.3 is 0 Å². The van der Waals surface area contributed by atoms with Crippen molar-refractivity contribution in [2.45, 2.75) is 38.7 Å². The van der Waals surface area contributed by atoms with Crippen LogP contribution in [0.1, 0.15) is 32.6 Å². The summed E-state index contributed by atoms with van der Waals surface area (Å²) >= 11 is 5.88. The summed E-state index contributed by atoms with van der Waals surface area (Å²) in [6.07, 6.45) is 4.30. The van der Waals surface area contributed by atoms with Crippen molar-refractivity contribution in [2.75, 3.05) is 6.61 Å². The molecular formula is C15H21ClO2. The molecule has 0 heterocycles. The van der Waals surface area contributed by atoms with Gasteiger partial charge in [0, 0.05) is 5.02 Å². The molecule has 1 aliphatic carbocycles. The molecule has 3 heteroatoms. The van der Waals surface area contributed by atoms with E-state index in [1.165, 1.54) is 12.8 Å². The number of hydrogen-bond donors (Lipinski definition) is 1. The maximum Gasteiger partial charge on any atom is 0.120 e. The molecular weight excluding hydrogens is 248 g/mol. The van der Waals surface area contributed by atoms with E-state index in [4.69, 9.17) is 16.3 Å². The van der Waals surface area contributed by atoms with Gasteiger partial charge in [-0.05, 0) is 42.9 Å². The molecule has 0 bridgehead atoms. The van der Waals surface area contributed by atoms with Crippen LogP contribution < -0.4 is 4.74 Å². The van der Waals surface area contributed by atoms with Gasteiger partial charge in [0.1, 0.15) is 12.4 Å². The Morgan fingerprint density at radius 1 is 1.33 bits per heavy atom. The predicted molar refractivity (Wildman–Crippen MR) is 74.1 cm³/mol. The number of aliphatic hydroxyl groups is 1. The van der Waals surface area contributed by atoms with E-state index in [9.17, 15) is 5.11 Å². The minimum Gasteiger partial charge on any atom is -0.491 e. The first-order valence-electron chi connectivity index (χ1n) is 6.71. The molecule has 0 radical (unpaired) electrons. The normalized spacial score (nSPS) is 25.7. The van der Waals surface area contributed by atoms with E-state index in [0.29, 0.717) is 17.5 Å². The van der Waals surface area contributed by atoms with Crippen LogP contribution in [0.15, 0.2) is 24.3 Å². The predicted octanol–water partition coefficient (Wildman–Crippen LogP) is 3.91. The molecule has 1 N–H and O–H groups in total. The van der Waals surface area contributed by atoms with E-state index in [-0.39, 0.29) is 6.10 Å². The van der Waals surface area contributed by atoms with E-state index in [0.717, 1.165) is 24.5 Å². The Morgan fingerprint density at radius 3 is 2.72 bits per heavy atom. The number of aliphatic hydroxyl groups excluding tert-OH is 1. The summed E-state index contributed by atoms with van der Waals surface area (Å²) in [4.78, 5) is 0. The van der Waals surface area contributed by atoms with Gasteiger partial charge in [0.05, 0.1) is 6.10 Å². The second kappa shape index (κ2) is 6.44. The smallest absolute Gasteiger partial charge is 0.120 e. The highest BCUT2D eigenvalue weighted by Gasteiger charge is 2.24. The van der Waals surface area contributed by atoms with Gasteiger partial charge in [0.25, 0.3) is 0 Å². The fourth-order valence-corrected chi connectivity index (χ4v) is 2.73. The van der Waals surface area contributed by atoms with Crippen molar-refractivity contribution < 1.29 is 9.84 Å². The molecule has 18 heavy (non-hydrogen) atoms. The van der Waals surface area contributed by atoms with Crippen molar-refractivity contribution in [3.63, 3.8) is 0 Å². The minimum atomic E-state index is -0.364. The van der Waals surface area contributed by atoms with Gasteiger partial charge in [0.15, 0.2) is 0 Å². The summed E-state index contributed by atoms with van der Waals surface area (Å²) in [7, 11) is 0. The van der Waals surface area contributed by atoms with E-state index in [2.05, 4.69) is 6.92 Å². The molecule has 1 atom stereocenters. The van der Waals surface area contributed by atoms with Crippen molar-refractivity contribution in [2.24, 2.45) is 11.8 Å². The topological polar surface area (TPSA) is 29.5 Å². The maximum atomic E-state index is 10.1. The average molecular weight is 269 g/mol. The van der Waals surface area contributed by atoms with Crippen LogP contribution in [-0.4, -0.2) is 17.8 Å². The molecule has 2 nitrogen and oxygen atoms in total. The molecule has 1 fully saturated rings. The van der Waals surface area contributed by atoms with Crippen LogP contribution in [-0.2, 0) is 0 Å². The first kappa shape index (κ1) is 13.7. The summed E-state index contributed by atoms with van der Waals surface area (Å²) in [6.45, 7) is 2.64. The van der Waals surface area contributed by atoms with Crippen LogP contribution in [0.25, 0.3) is 0 Å². The highest BCUT2D eigenvalue weighted by Crippen LogP contribution is 2.30. The first-order chi connectivity index (χ1) is 8.65. The zero-order chi connectivity index (χ0) is 13.0. The molecule has 0 amide bonds. The molecule has 1 saturated carbocycles. The molecule has 0 spiro atoms. The fraction of sp³-hybridized carbons (Fsp3) is 0.600. The maximum absolute atomic E-state index is 10.1. The minimum absolute atomic E-state index is 0.361. The second-order valence-electron chi connectivity index (χ2n) is 5.36. The molecule has 100 valence electrons. The van der Waals surface area contributed by atoms with Crippen molar-refractivity contribution in [3.05, 3.63) is 29.3 Å². The Kier molecular flexibility index (Phi) is 4.90. The Morgan fingerprint density at radius 2 is 2.06 bits per heavy atom. The van der Waals surface area contributed by atoms with Gasteiger partial charge in [0.2, 0.25) is 0 Å². The third kappa shape index (κ3) is 3.89. The Hall–Kier alpha value is -0.730. The lowest BCUT2D eigenvalue weighted by atomic mass is 9.80. The van der Waals surface area contributed by atoms with Crippen molar-refractivity contribution >= 4 is 11.6 Å². The molecule has 2 rings (SSSR count). The van der Waals surface area contributed by atoms with Gasteiger partial charge in [-0.1, -0.05) is 37.4 Å². The van der Waals surface area contributed by atoms with E-state index in [1.54, 1.807) is 6.07 Å². The lowest BCUT2D eigenvalue weighted by molar-refractivity contribution is 0.0355. The number of benzene rings is 1. The zero-order valence-corrected chi connectivity index (χ0v) is 11.6. The summed E-state index contributed by atoms with van der Waals surface area (Å²) in [6, 6.07) is 7.30. The molecule has 1 aromatic carbocycles. The van der Waals surface area contributed by atoms with Crippen molar-refractivity contribution in [3.8, 4) is 5.75 Å². The van der Waals surface area contributed by atoms with Crippen LogP contribution in [0.5, 0.6) is 5.75 Å². The standard InChI is InChI=1S/C15H21ClO2/c1-11-5-7-12(8-6-11)15(17)10-18-14-4-2-3-13(16)9-14/h2-4,9,11-12,15,17H,5-8,10H2,1H3. The molecule has 1 aromatic rings. The number of rotatable bonds is 4. The van der Waals surface area contributed by atoms with Crippen molar-refractivity contribution in [1.82, 2.24) is 0 Å². The summed E-state index contributed by atoms with van der Waals surface area (Å²) in [5.41, 5.74) is 0. The lowest BCUT2D eigenvalue weighted by Gasteiger charge is -2.29. The highest BCUT2D eigenvalue weighted by molar-refractivity contribution is 6.30.